The third-order valence-electron chi connectivity index (χ3n) is 1.20. The molecular weight excluding hydrogens is 468 g/mol. The summed E-state index contributed by atoms with van der Waals surface area (Å²) in [6.07, 6.45) is -20.9. The predicted molar refractivity (Wildman–Crippen MR) is 38.4 cm³/mol. The van der Waals surface area contributed by atoms with Crippen molar-refractivity contribution in [2.24, 2.45) is 0 Å². The molecule has 0 aromatic heterocycles. The van der Waals surface area contributed by atoms with Crippen molar-refractivity contribution in [2.45, 2.75) is 33.4 Å². The van der Waals surface area contributed by atoms with Crippen LogP contribution in [0.3, 0.4) is 0 Å². The minimum Gasteiger partial charge on any atom is -0.830 e. The van der Waals surface area contributed by atoms with Crippen LogP contribution in [0.5, 0.6) is 0 Å². The largest absolute Gasteiger partial charge is 0.830 e. The van der Waals surface area contributed by atoms with E-state index in [0.717, 1.165) is 0 Å². The van der Waals surface area contributed by atoms with E-state index >= 15 is 0 Å². The molecule has 0 aliphatic carbocycles. The molecule has 0 aliphatic rings. The summed E-state index contributed by atoms with van der Waals surface area (Å²) in [5.74, 6) is 0. The summed E-state index contributed by atoms with van der Waals surface area (Å²) in [7, 11) is 0. The Kier molecular flexibility index (Phi) is 6.79. The minimum absolute atomic E-state index is 0.167. The molecule has 0 unspecified atom stereocenters. The van der Waals surface area contributed by atoms with E-state index in [-0.39, 0.29) is 23.2 Å². The molecule has 17 heavy (non-hydrogen) atoms. The van der Waals surface area contributed by atoms with Crippen LogP contribution in [0, 0.1) is 0 Å². The summed E-state index contributed by atoms with van der Waals surface area (Å²) in [5.41, 5.74) is -6.94. The van der Waals surface area contributed by atoms with Crippen LogP contribution < -0.4 is 5.11 Å². The van der Waals surface area contributed by atoms with E-state index in [4.69, 9.17) is 0 Å². The monoisotopic (exact) mass is 474 g/mol. The second-order valence-corrected chi connectivity index (χ2v) is 6.10. The second kappa shape index (κ2) is 5.90. The average Bonchev–Trinajstić information content (AvgIpc) is 1.97. The van der Waals surface area contributed by atoms with Gasteiger partial charge in [-0.2, -0.15) is 39.5 Å². The Hall–Kier alpha value is 0.213. The molecule has 0 aromatic rings. The normalized spacial score (nSPS) is 14.1. The van der Waals surface area contributed by atoms with Crippen LogP contribution in [0.4, 0.5) is 39.5 Å². The van der Waals surface area contributed by atoms with Gasteiger partial charge in [0.2, 0.25) is 0 Å². The number of hydrogen-bond acceptors (Lipinski definition) is 1. The van der Waals surface area contributed by atoms with E-state index in [0.29, 0.717) is 0 Å². The first-order valence-electron chi connectivity index (χ1n) is 3.55. The van der Waals surface area contributed by atoms with Gasteiger partial charge in [-0.3, -0.25) is 0 Å². The van der Waals surface area contributed by atoms with Crippen LogP contribution in [-0.4, -0.2) is 47.4 Å². The SMILES string of the molecule is [CH3][Bi+][CH3].[O-]C(C(F)(F)F)(C(F)(F)F)C(F)(F)F. The molecule has 0 N–H and O–H groups in total. The zero-order valence-electron chi connectivity index (χ0n) is 8.26. The Balaban J connectivity index is 0. The first-order valence-corrected chi connectivity index (χ1v) is 10.5. The van der Waals surface area contributed by atoms with Gasteiger partial charge in [-0.05, 0) is 0 Å². The van der Waals surface area contributed by atoms with Crippen LogP contribution >= 0.6 is 0 Å². The van der Waals surface area contributed by atoms with E-state index in [9.17, 15) is 44.6 Å². The Bertz CT molecular complexity index is 191. The van der Waals surface area contributed by atoms with Crippen molar-refractivity contribution < 1.29 is 44.6 Å². The Morgan fingerprint density at radius 2 is 0.765 bits per heavy atom. The first-order chi connectivity index (χ1) is 7.16. The molecule has 11 heteroatoms. The fourth-order valence-electron chi connectivity index (χ4n) is 0.482. The van der Waals surface area contributed by atoms with Crippen molar-refractivity contribution >= 4 is 23.2 Å². The molecule has 0 saturated heterocycles. The van der Waals surface area contributed by atoms with Crippen molar-refractivity contribution in [3.05, 3.63) is 0 Å². The van der Waals surface area contributed by atoms with E-state index in [1.807, 2.05) is 0 Å². The first kappa shape index (κ1) is 19.6. The molecule has 0 amide bonds. The van der Waals surface area contributed by atoms with E-state index in [2.05, 4.69) is 9.26 Å². The molecule has 0 fully saturated rings. The Morgan fingerprint density at radius 3 is 0.765 bits per heavy atom. The summed E-state index contributed by atoms with van der Waals surface area (Å²) >= 11 is 0.167. The smallest absolute Gasteiger partial charge is 0.397 e. The topological polar surface area (TPSA) is 23.1 Å². The summed E-state index contributed by atoms with van der Waals surface area (Å²) in [5, 5.41) is 9.79. The quantitative estimate of drug-likeness (QED) is 0.391. The van der Waals surface area contributed by atoms with Crippen LogP contribution in [0.25, 0.3) is 0 Å². The minimum atomic E-state index is -6.98. The van der Waals surface area contributed by atoms with Gasteiger partial charge in [-0.25, -0.2) is 0 Å². The second-order valence-electron chi connectivity index (χ2n) is 2.62. The van der Waals surface area contributed by atoms with E-state index in [1.54, 1.807) is 0 Å². The maximum atomic E-state index is 11.3. The van der Waals surface area contributed by atoms with Gasteiger partial charge >= 0.3 is 51.0 Å². The number of halogens is 9. The summed E-state index contributed by atoms with van der Waals surface area (Å²) in [4.78, 5) is 0. The van der Waals surface area contributed by atoms with Crippen molar-refractivity contribution in [3.63, 3.8) is 0 Å². The van der Waals surface area contributed by atoms with Gasteiger partial charge in [-0.1, -0.05) is 0 Å². The van der Waals surface area contributed by atoms with Gasteiger partial charge in [-0.15, -0.1) is 0 Å². The van der Waals surface area contributed by atoms with Gasteiger partial charge in [0, 0.05) is 0 Å². The van der Waals surface area contributed by atoms with E-state index in [1.165, 1.54) is 0 Å². The van der Waals surface area contributed by atoms with Crippen molar-refractivity contribution in [3.8, 4) is 0 Å². The third kappa shape index (κ3) is 4.42. The van der Waals surface area contributed by atoms with Gasteiger partial charge in [0.15, 0.2) is 5.60 Å². The fourth-order valence-corrected chi connectivity index (χ4v) is 0.482. The zero-order valence-corrected chi connectivity index (χ0v) is 11.7. The molecule has 0 aliphatic heterocycles. The van der Waals surface area contributed by atoms with Crippen molar-refractivity contribution in [2.75, 3.05) is 0 Å². The maximum absolute atomic E-state index is 11.3. The molecular formula is C6H6BiF9O. The van der Waals surface area contributed by atoms with E-state index < -0.39 is 24.1 Å². The standard InChI is InChI=1S/C4F9O.2CH3.Bi/c5-2(6,7)1(14,3(8,9)10)4(11,12)13;;;/h;2*1H3;/q-1;;;+1. The van der Waals surface area contributed by atoms with Crippen LogP contribution in [0.15, 0.2) is 0 Å². The Labute approximate surface area is 102 Å². The molecule has 0 aromatic carbocycles. The molecule has 104 valence electrons. The van der Waals surface area contributed by atoms with Crippen molar-refractivity contribution in [1.82, 2.24) is 0 Å². The number of alkyl halides is 9. The number of hydrogen-bond donors (Lipinski definition) is 0. The molecule has 1 nitrogen and oxygen atoms in total. The van der Waals surface area contributed by atoms with Crippen molar-refractivity contribution in [1.29, 1.82) is 0 Å². The summed E-state index contributed by atoms with van der Waals surface area (Å²) < 4.78 is 107. The van der Waals surface area contributed by atoms with Gasteiger partial charge in [0.25, 0.3) is 0 Å². The number of rotatable bonds is 0. The predicted octanol–water partition coefficient (Wildman–Crippen LogP) is 2.56. The summed E-state index contributed by atoms with van der Waals surface area (Å²) in [6, 6.07) is 0. The van der Waals surface area contributed by atoms with Gasteiger partial charge < -0.3 is 5.11 Å². The molecule has 2 radical (unpaired) electrons. The van der Waals surface area contributed by atoms with Crippen LogP contribution in [0.1, 0.15) is 0 Å². The van der Waals surface area contributed by atoms with Gasteiger partial charge in [0.1, 0.15) is 0 Å². The maximum Gasteiger partial charge on any atom is 0.397 e. The third-order valence-corrected chi connectivity index (χ3v) is 1.20. The molecule has 0 rings (SSSR count). The van der Waals surface area contributed by atoms with Gasteiger partial charge in [0.05, 0.1) is 0 Å². The summed E-state index contributed by atoms with van der Waals surface area (Å²) in [6.45, 7) is 0. The average molecular weight is 474 g/mol. The fraction of sp³-hybridized carbons (Fsp3) is 1.00. The van der Waals surface area contributed by atoms with Crippen LogP contribution in [0.2, 0.25) is 9.26 Å². The molecule has 0 saturated carbocycles. The molecule has 0 heterocycles. The molecule has 0 spiro atoms. The molecule has 0 atom stereocenters. The zero-order chi connectivity index (χ0) is 14.7. The Morgan fingerprint density at radius 1 is 0.647 bits per heavy atom. The molecule has 0 bridgehead atoms. The van der Waals surface area contributed by atoms with Crippen LogP contribution in [-0.2, 0) is 0 Å².